The van der Waals surface area contributed by atoms with Gasteiger partial charge in [0.25, 0.3) is 0 Å². The summed E-state index contributed by atoms with van der Waals surface area (Å²) in [6.07, 6.45) is 0. The van der Waals surface area contributed by atoms with Gasteiger partial charge >= 0.3 is 0 Å². The fourth-order valence-corrected chi connectivity index (χ4v) is 10.1. The summed E-state index contributed by atoms with van der Waals surface area (Å²) >= 11 is 0. The van der Waals surface area contributed by atoms with E-state index in [1.165, 1.54) is 121 Å². The first-order valence-electron chi connectivity index (χ1n) is 22.2. The van der Waals surface area contributed by atoms with E-state index in [1.54, 1.807) is 0 Å². The summed E-state index contributed by atoms with van der Waals surface area (Å²) in [5, 5.41) is 10.1. The molecule has 0 amide bonds. The lowest BCUT2D eigenvalue weighted by molar-refractivity contribution is 1.60. The molecule has 12 aromatic rings. The Bertz CT molecular complexity index is 3280. The molecule has 0 fully saturated rings. The molecule has 0 atom stereocenters. The van der Waals surface area contributed by atoms with Crippen molar-refractivity contribution >= 4 is 43.1 Å². The molecule has 0 bridgehead atoms. The molecule has 0 spiro atoms. The fourth-order valence-electron chi connectivity index (χ4n) is 10.1. The van der Waals surface area contributed by atoms with Crippen LogP contribution in [0, 0.1) is 0 Å². The maximum atomic E-state index is 2.30. The predicted octanol–water partition coefficient (Wildman–Crippen LogP) is 18.0. The normalized spacial score (nSPS) is 11.4. The Kier molecular flexibility index (Phi) is 9.28. The molecule has 0 aromatic heterocycles. The van der Waals surface area contributed by atoms with Crippen LogP contribution in [0.4, 0.5) is 0 Å². The molecule has 0 unspecified atom stereocenters. The summed E-state index contributed by atoms with van der Waals surface area (Å²) in [7, 11) is 0. The fraction of sp³-hybridized carbons (Fsp3) is 0. The second kappa shape index (κ2) is 15.9. The van der Waals surface area contributed by atoms with Crippen LogP contribution < -0.4 is 0 Å². The van der Waals surface area contributed by atoms with E-state index in [9.17, 15) is 0 Å². The molecule has 12 aromatic carbocycles. The standard InChI is InChI=1S/C64H42/c1-3-15-43(16-4-1)45-27-35-49(36-28-45)61-53-19-7-11-23-57(53)63(58-24-12-8-20-54(58)61)51-39-31-47(32-40-51)48-33-41-52(42-34-48)64-59-25-13-9-21-55(59)62(56-22-10-14-26-60(56)64)50-37-29-46(30-38-50)44-17-5-2-6-18-44/h1-42H. The molecule has 0 heteroatoms. The minimum atomic E-state index is 1.20. The number of benzene rings is 12. The van der Waals surface area contributed by atoms with Crippen molar-refractivity contribution in [2.45, 2.75) is 0 Å². The highest BCUT2D eigenvalue weighted by molar-refractivity contribution is 6.23. The van der Waals surface area contributed by atoms with E-state index < -0.39 is 0 Å². The van der Waals surface area contributed by atoms with Crippen molar-refractivity contribution in [3.05, 3.63) is 255 Å². The minimum Gasteiger partial charge on any atom is -0.0622 e. The van der Waals surface area contributed by atoms with Crippen molar-refractivity contribution in [1.82, 2.24) is 0 Å². The first-order valence-corrected chi connectivity index (χ1v) is 22.2. The monoisotopic (exact) mass is 810 g/mol. The highest BCUT2D eigenvalue weighted by atomic mass is 14.2. The van der Waals surface area contributed by atoms with Crippen LogP contribution in [0.15, 0.2) is 255 Å². The van der Waals surface area contributed by atoms with Gasteiger partial charge in [0.05, 0.1) is 0 Å². The topological polar surface area (TPSA) is 0 Å². The number of hydrogen-bond acceptors (Lipinski definition) is 0. The maximum absolute atomic E-state index is 2.30. The highest BCUT2D eigenvalue weighted by Crippen LogP contribution is 2.46. The van der Waals surface area contributed by atoms with Crippen LogP contribution in [-0.4, -0.2) is 0 Å². The summed E-state index contributed by atoms with van der Waals surface area (Å²) < 4.78 is 0. The quantitative estimate of drug-likeness (QED) is 0.141. The Balaban J connectivity index is 0.906. The predicted molar refractivity (Wildman–Crippen MR) is 275 cm³/mol. The van der Waals surface area contributed by atoms with Crippen molar-refractivity contribution in [1.29, 1.82) is 0 Å². The molecule has 64 heavy (non-hydrogen) atoms. The average Bonchev–Trinajstić information content (AvgIpc) is 3.38. The molecule has 0 nitrogen and oxygen atoms in total. The molecule has 0 heterocycles. The molecule has 0 aliphatic carbocycles. The van der Waals surface area contributed by atoms with Crippen molar-refractivity contribution in [2.75, 3.05) is 0 Å². The van der Waals surface area contributed by atoms with Crippen LogP contribution in [0.1, 0.15) is 0 Å². The van der Waals surface area contributed by atoms with Gasteiger partial charge in [-0.3, -0.25) is 0 Å². The van der Waals surface area contributed by atoms with E-state index in [2.05, 4.69) is 255 Å². The lowest BCUT2D eigenvalue weighted by atomic mass is 9.85. The number of fused-ring (bicyclic) bond motifs is 4. The van der Waals surface area contributed by atoms with Crippen molar-refractivity contribution in [3.63, 3.8) is 0 Å². The van der Waals surface area contributed by atoms with Crippen molar-refractivity contribution < 1.29 is 0 Å². The molecule has 0 aliphatic heterocycles. The van der Waals surface area contributed by atoms with Gasteiger partial charge in [0, 0.05) is 0 Å². The SMILES string of the molecule is c1ccc(-c2ccc(-c3c4ccccc4c(-c4ccc(-c5ccc(-c6c7ccccc7c(-c7ccc(-c8ccccc8)cc7)c7ccccc67)cc5)cc4)c4ccccc34)cc2)cc1. The third-order valence-electron chi connectivity index (χ3n) is 13.1. The summed E-state index contributed by atoms with van der Waals surface area (Å²) in [5.41, 5.74) is 17.3. The zero-order valence-electron chi connectivity index (χ0n) is 35.2. The van der Waals surface area contributed by atoms with Gasteiger partial charge < -0.3 is 0 Å². The second-order valence-corrected chi connectivity index (χ2v) is 16.7. The van der Waals surface area contributed by atoms with E-state index >= 15 is 0 Å². The van der Waals surface area contributed by atoms with E-state index in [0.717, 1.165) is 0 Å². The second-order valence-electron chi connectivity index (χ2n) is 16.7. The summed E-state index contributed by atoms with van der Waals surface area (Å²) in [4.78, 5) is 0. The first kappa shape index (κ1) is 37.4. The van der Waals surface area contributed by atoms with Crippen molar-refractivity contribution in [3.8, 4) is 77.9 Å². The van der Waals surface area contributed by atoms with E-state index in [0.29, 0.717) is 0 Å². The highest BCUT2D eigenvalue weighted by Gasteiger charge is 2.19. The van der Waals surface area contributed by atoms with Gasteiger partial charge in [-0.2, -0.15) is 0 Å². The molecular formula is C64H42. The Labute approximate surface area is 374 Å². The lowest BCUT2D eigenvalue weighted by Gasteiger charge is -2.18. The Morgan fingerprint density at radius 1 is 0.109 bits per heavy atom. The third kappa shape index (κ3) is 6.48. The average molecular weight is 811 g/mol. The number of rotatable bonds is 7. The Morgan fingerprint density at radius 3 is 0.438 bits per heavy atom. The molecule has 0 saturated heterocycles. The Morgan fingerprint density at radius 2 is 0.250 bits per heavy atom. The lowest BCUT2D eigenvalue weighted by Crippen LogP contribution is -1.91. The van der Waals surface area contributed by atoms with Crippen LogP contribution in [-0.2, 0) is 0 Å². The zero-order valence-corrected chi connectivity index (χ0v) is 35.2. The molecule has 0 radical (unpaired) electrons. The minimum absolute atomic E-state index is 1.20. The Hall–Kier alpha value is -8.32. The number of hydrogen-bond donors (Lipinski definition) is 0. The summed E-state index contributed by atoms with van der Waals surface area (Å²) in [6.45, 7) is 0. The first-order chi connectivity index (χ1) is 31.8. The molecular weight excluding hydrogens is 769 g/mol. The van der Waals surface area contributed by atoms with E-state index in [4.69, 9.17) is 0 Å². The van der Waals surface area contributed by atoms with Gasteiger partial charge in [0.1, 0.15) is 0 Å². The van der Waals surface area contributed by atoms with Crippen LogP contribution >= 0.6 is 0 Å². The van der Waals surface area contributed by atoms with Crippen molar-refractivity contribution in [2.24, 2.45) is 0 Å². The zero-order chi connectivity index (χ0) is 42.4. The summed E-state index contributed by atoms with van der Waals surface area (Å²) in [6, 6.07) is 93.3. The molecule has 0 saturated carbocycles. The third-order valence-corrected chi connectivity index (χ3v) is 13.1. The van der Waals surface area contributed by atoms with Gasteiger partial charge in [-0.25, -0.2) is 0 Å². The largest absolute Gasteiger partial charge is 0.0622 e. The van der Waals surface area contributed by atoms with Gasteiger partial charge in [0.2, 0.25) is 0 Å². The van der Waals surface area contributed by atoms with E-state index in [1.807, 2.05) is 0 Å². The van der Waals surface area contributed by atoms with Gasteiger partial charge in [0.15, 0.2) is 0 Å². The van der Waals surface area contributed by atoms with Crippen LogP contribution in [0.2, 0.25) is 0 Å². The van der Waals surface area contributed by atoms with Gasteiger partial charge in [-0.05, 0) is 121 Å². The summed E-state index contributed by atoms with van der Waals surface area (Å²) in [5.74, 6) is 0. The van der Waals surface area contributed by atoms with Crippen LogP contribution in [0.3, 0.4) is 0 Å². The molecule has 0 N–H and O–H groups in total. The van der Waals surface area contributed by atoms with Crippen LogP contribution in [0.5, 0.6) is 0 Å². The molecule has 12 rings (SSSR count). The maximum Gasteiger partial charge on any atom is -0.00264 e. The molecule has 298 valence electrons. The van der Waals surface area contributed by atoms with Gasteiger partial charge in [-0.15, -0.1) is 0 Å². The molecule has 0 aliphatic rings. The van der Waals surface area contributed by atoms with Gasteiger partial charge in [-0.1, -0.05) is 255 Å². The smallest absolute Gasteiger partial charge is 0.00264 e. The van der Waals surface area contributed by atoms with Crippen LogP contribution in [0.25, 0.3) is 121 Å². The van der Waals surface area contributed by atoms with E-state index in [-0.39, 0.29) is 0 Å².